The van der Waals surface area contributed by atoms with Gasteiger partial charge in [-0.2, -0.15) is 11.8 Å². The van der Waals surface area contributed by atoms with Crippen LogP contribution in [-0.4, -0.2) is 42.8 Å². The molecule has 1 unspecified atom stereocenters. The number of nitrogens with one attached hydrogen (secondary N) is 1. The second kappa shape index (κ2) is 16.6. The lowest BCUT2D eigenvalue weighted by Crippen LogP contribution is -2.42. The number of Topliss-reactive ketones (excluding diaryl/α,β-unsaturated/α-hetero) is 1. The van der Waals surface area contributed by atoms with Crippen LogP contribution in [0.3, 0.4) is 0 Å². The number of aryl methyl sites for hydroxylation is 1. The van der Waals surface area contributed by atoms with Gasteiger partial charge in [0.05, 0.1) is 7.11 Å². The van der Waals surface area contributed by atoms with Gasteiger partial charge >= 0.3 is 5.97 Å². The minimum atomic E-state index is -0.729. The Morgan fingerprint density at radius 3 is 2.20 bits per heavy atom. The predicted octanol–water partition coefficient (Wildman–Crippen LogP) is 7.88. The van der Waals surface area contributed by atoms with Crippen LogP contribution in [0, 0.1) is 6.92 Å². The van der Waals surface area contributed by atoms with Crippen molar-refractivity contribution >= 4 is 35.1 Å². The first-order valence-electron chi connectivity index (χ1n) is 15.3. The first-order valence-corrected chi connectivity index (χ1v) is 16.7. The normalized spacial score (nSPS) is 11.5. The zero-order valence-electron chi connectivity index (χ0n) is 26.5. The van der Waals surface area contributed by atoms with Crippen LogP contribution in [0.15, 0.2) is 97.1 Å². The van der Waals surface area contributed by atoms with E-state index < -0.39 is 12.0 Å². The summed E-state index contributed by atoms with van der Waals surface area (Å²) in [5, 5.41) is 2.93. The number of anilines is 1. The fourth-order valence-corrected chi connectivity index (χ4v) is 5.81. The number of hydrogen-bond acceptors (Lipinski definition) is 6. The lowest BCUT2D eigenvalue weighted by atomic mass is 9.93. The van der Waals surface area contributed by atoms with E-state index in [9.17, 15) is 14.4 Å². The number of hydrogen-bond donors (Lipinski definition) is 1. The summed E-state index contributed by atoms with van der Waals surface area (Å²) in [6.45, 7) is 5.29. The Bertz CT molecular complexity index is 1590. The Morgan fingerprint density at radius 2 is 1.53 bits per heavy atom. The van der Waals surface area contributed by atoms with Crippen molar-refractivity contribution in [2.45, 2.75) is 52.2 Å². The number of amides is 1. The highest BCUT2D eigenvalue weighted by atomic mass is 32.2. The van der Waals surface area contributed by atoms with Crippen LogP contribution in [-0.2, 0) is 22.6 Å². The molecule has 0 spiro atoms. The van der Waals surface area contributed by atoms with Crippen LogP contribution in [0.2, 0.25) is 0 Å². The zero-order valence-corrected chi connectivity index (χ0v) is 27.4. The SMILES string of the molecule is CCCC(=O)c1ccc(N(Cc2ccccc2)Cc2ccc(C(=O)NC(CCSC)C(=O)OC)c(-c3ccccc3C)c2)cc1. The van der Waals surface area contributed by atoms with Crippen molar-refractivity contribution in [2.24, 2.45) is 0 Å². The Morgan fingerprint density at radius 1 is 0.844 bits per heavy atom. The molecule has 4 aromatic rings. The van der Waals surface area contributed by atoms with Crippen molar-refractivity contribution in [2.75, 3.05) is 24.0 Å². The van der Waals surface area contributed by atoms with Crippen LogP contribution in [0.5, 0.6) is 0 Å². The van der Waals surface area contributed by atoms with Gasteiger partial charge in [-0.05, 0) is 96.0 Å². The predicted molar refractivity (Wildman–Crippen MR) is 185 cm³/mol. The van der Waals surface area contributed by atoms with Crippen molar-refractivity contribution < 1.29 is 19.1 Å². The lowest BCUT2D eigenvalue weighted by molar-refractivity contribution is -0.142. The van der Waals surface area contributed by atoms with Gasteiger partial charge in [0.2, 0.25) is 0 Å². The number of methoxy groups -OCH3 is 1. The highest BCUT2D eigenvalue weighted by molar-refractivity contribution is 7.98. The quantitative estimate of drug-likeness (QED) is 0.107. The minimum Gasteiger partial charge on any atom is -0.467 e. The third-order valence-electron chi connectivity index (χ3n) is 7.79. The van der Waals surface area contributed by atoms with Gasteiger partial charge in [-0.3, -0.25) is 9.59 Å². The molecule has 0 saturated carbocycles. The van der Waals surface area contributed by atoms with Gasteiger partial charge in [-0.15, -0.1) is 0 Å². The van der Waals surface area contributed by atoms with E-state index in [1.54, 1.807) is 11.8 Å². The van der Waals surface area contributed by atoms with Crippen LogP contribution in [0.25, 0.3) is 11.1 Å². The third-order valence-corrected chi connectivity index (χ3v) is 8.43. The van der Waals surface area contributed by atoms with E-state index in [-0.39, 0.29) is 11.7 Å². The molecule has 0 aromatic heterocycles. The molecule has 1 amide bonds. The summed E-state index contributed by atoms with van der Waals surface area (Å²) in [5.74, 6) is 0.0998. The first-order chi connectivity index (χ1) is 21.8. The summed E-state index contributed by atoms with van der Waals surface area (Å²) in [6, 6.07) is 31.3. The van der Waals surface area contributed by atoms with E-state index in [1.165, 1.54) is 7.11 Å². The number of ether oxygens (including phenoxy) is 1. The van der Waals surface area contributed by atoms with Gasteiger partial charge in [0, 0.05) is 36.3 Å². The number of esters is 1. The molecule has 0 heterocycles. The molecule has 0 aliphatic rings. The van der Waals surface area contributed by atoms with Crippen molar-refractivity contribution in [3.8, 4) is 11.1 Å². The van der Waals surface area contributed by atoms with E-state index in [0.717, 1.165) is 45.5 Å². The molecule has 0 bridgehead atoms. The molecule has 0 fully saturated rings. The molecule has 4 rings (SSSR count). The number of nitrogens with zero attached hydrogens (tertiary/aromatic N) is 1. The molecule has 1 atom stereocenters. The third kappa shape index (κ3) is 9.08. The molecular weight excluding hydrogens is 580 g/mol. The summed E-state index contributed by atoms with van der Waals surface area (Å²) in [5.41, 5.74) is 7.22. The average molecular weight is 623 g/mol. The number of rotatable bonds is 15. The van der Waals surface area contributed by atoms with Gasteiger partial charge in [-0.25, -0.2) is 4.79 Å². The number of thioether (sulfide) groups is 1. The number of ketones is 1. The lowest BCUT2D eigenvalue weighted by Gasteiger charge is -2.26. The molecule has 6 nitrogen and oxygen atoms in total. The van der Waals surface area contributed by atoms with Crippen LogP contribution >= 0.6 is 11.8 Å². The standard InChI is InChI=1S/C38H42N2O4S/c1-5-11-36(41)30-17-19-31(20-18-30)40(25-28-13-7-6-8-14-28)26-29-16-21-33(34(24-29)32-15-10-9-12-27(32)2)37(42)39-35(22-23-45-4)38(43)44-3/h6-10,12-21,24,35H,5,11,22-23,25-26H2,1-4H3,(H,39,42). The molecule has 0 aliphatic heterocycles. The average Bonchev–Trinajstić information content (AvgIpc) is 3.06. The fraction of sp³-hybridized carbons (Fsp3) is 0.289. The second-order valence-electron chi connectivity index (χ2n) is 11.1. The molecule has 45 heavy (non-hydrogen) atoms. The van der Waals surface area contributed by atoms with Gasteiger partial charge in [-0.1, -0.05) is 67.6 Å². The monoisotopic (exact) mass is 622 g/mol. The zero-order chi connectivity index (χ0) is 32.2. The van der Waals surface area contributed by atoms with Crippen LogP contribution < -0.4 is 10.2 Å². The molecule has 0 aliphatic carbocycles. The Hall–Kier alpha value is -4.36. The summed E-state index contributed by atoms with van der Waals surface area (Å²) in [4.78, 5) is 41.0. The Labute approximate surface area is 271 Å². The minimum absolute atomic E-state index is 0.151. The summed E-state index contributed by atoms with van der Waals surface area (Å²) in [6.07, 6.45) is 3.80. The van der Waals surface area contributed by atoms with E-state index in [0.29, 0.717) is 37.2 Å². The van der Waals surface area contributed by atoms with E-state index in [2.05, 4.69) is 28.4 Å². The van der Waals surface area contributed by atoms with Gasteiger partial charge in [0.15, 0.2) is 5.78 Å². The largest absolute Gasteiger partial charge is 0.467 e. The number of carbonyl (C=O) groups is 3. The van der Waals surface area contributed by atoms with E-state index in [4.69, 9.17) is 4.74 Å². The van der Waals surface area contributed by atoms with Crippen molar-refractivity contribution in [3.63, 3.8) is 0 Å². The topological polar surface area (TPSA) is 75.7 Å². The molecule has 4 aromatic carbocycles. The number of benzene rings is 4. The van der Waals surface area contributed by atoms with E-state index in [1.807, 2.05) is 99.0 Å². The molecule has 7 heteroatoms. The molecule has 0 saturated heterocycles. The smallest absolute Gasteiger partial charge is 0.328 e. The molecule has 234 valence electrons. The Balaban J connectivity index is 1.71. The summed E-state index contributed by atoms with van der Waals surface area (Å²) >= 11 is 1.61. The fourth-order valence-electron chi connectivity index (χ4n) is 5.34. The summed E-state index contributed by atoms with van der Waals surface area (Å²) < 4.78 is 4.98. The molecule has 1 N–H and O–H groups in total. The highest BCUT2D eigenvalue weighted by Gasteiger charge is 2.24. The second-order valence-corrected chi connectivity index (χ2v) is 12.1. The molecule has 0 radical (unpaired) electrons. The Kier molecular flexibility index (Phi) is 12.4. The maximum atomic E-state index is 13.7. The van der Waals surface area contributed by atoms with Crippen molar-refractivity contribution in [1.82, 2.24) is 5.32 Å². The van der Waals surface area contributed by atoms with Crippen LogP contribution in [0.4, 0.5) is 5.69 Å². The molecular formula is C38H42N2O4S. The van der Waals surface area contributed by atoms with E-state index >= 15 is 0 Å². The van der Waals surface area contributed by atoms with Gasteiger partial charge in [0.25, 0.3) is 5.91 Å². The van der Waals surface area contributed by atoms with Gasteiger partial charge in [0.1, 0.15) is 6.04 Å². The highest BCUT2D eigenvalue weighted by Crippen LogP contribution is 2.30. The maximum absolute atomic E-state index is 13.7. The first kappa shape index (κ1) is 33.5. The maximum Gasteiger partial charge on any atom is 0.328 e. The van der Waals surface area contributed by atoms with Gasteiger partial charge < -0.3 is 15.0 Å². The van der Waals surface area contributed by atoms with Crippen molar-refractivity contribution in [3.05, 3.63) is 125 Å². The van der Waals surface area contributed by atoms with Crippen LogP contribution in [0.1, 0.15) is 63.6 Å². The summed E-state index contributed by atoms with van der Waals surface area (Å²) in [7, 11) is 1.34. The van der Waals surface area contributed by atoms with Crippen molar-refractivity contribution in [1.29, 1.82) is 0 Å². The number of carbonyl (C=O) groups excluding carboxylic acids is 3.